The van der Waals surface area contributed by atoms with Crippen LogP contribution in [0.1, 0.15) is 38.2 Å². The molecule has 0 spiro atoms. The molecule has 1 aromatic heterocycles. The van der Waals surface area contributed by atoms with Crippen molar-refractivity contribution in [1.82, 2.24) is 4.98 Å². The van der Waals surface area contributed by atoms with Crippen molar-refractivity contribution in [3.8, 4) is 0 Å². The molecule has 0 aliphatic carbocycles. The van der Waals surface area contributed by atoms with E-state index in [2.05, 4.69) is 4.98 Å². The van der Waals surface area contributed by atoms with Gasteiger partial charge < -0.3 is 4.79 Å². The standard InChI is InChI=1S/C13H15ClN2O2/c1-8(17)3-4-10-7-16(9(2)18)13-11(10)5-6-12(14)15-13/h5-6,10H,3-4,7H2,1-2H3. The lowest BCUT2D eigenvalue weighted by molar-refractivity contribution is -0.117. The highest BCUT2D eigenvalue weighted by Crippen LogP contribution is 2.38. The van der Waals surface area contributed by atoms with E-state index >= 15 is 0 Å². The quantitative estimate of drug-likeness (QED) is 0.790. The highest BCUT2D eigenvalue weighted by atomic mass is 35.5. The normalized spacial score (nSPS) is 17.7. The second-order valence-corrected chi connectivity index (χ2v) is 5.00. The fourth-order valence-electron chi connectivity index (χ4n) is 2.28. The molecule has 1 unspecified atom stereocenters. The van der Waals surface area contributed by atoms with Gasteiger partial charge in [0, 0.05) is 31.4 Å². The average Bonchev–Trinajstić information content (AvgIpc) is 2.64. The highest BCUT2D eigenvalue weighted by Gasteiger charge is 2.32. The summed E-state index contributed by atoms with van der Waals surface area (Å²) in [6.45, 7) is 3.68. The van der Waals surface area contributed by atoms with Crippen molar-refractivity contribution in [1.29, 1.82) is 0 Å². The maximum atomic E-state index is 11.6. The minimum Gasteiger partial charge on any atom is -0.300 e. The summed E-state index contributed by atoms with van der Waals surface area (Å²) in [7, 11) is 0. The number of carbonyl (C=O) groups excluding carboxylic acids is 2. The first-order valence-corrected chi connectivity index (χ1v) is 6.31. The lowest BCUT2D eigenvalue weighted by Gasteiger charge is -2.14. The first-order chi connectivity index (χ1) is 8.49. The van der Waals surface area contributed by atoms with Crippen molar-refractivity contribution in [2.75, 3.05) is 11.4 Å². The van der Waals surface area contributed by atoms with Gasteiger partial charge in [-0.2, -0.15) is 0 Å². The number of rotatable bonds is 3. The Morgan fingerprint density at radius 2 is 2.17 bits per heavy atom. The second kappa shape index (κ2) is 5.06. The largest absolute Gasteiger partial charge is 0.300 e. The number of pyridine rings is 1. The zero-order valence-corrected chi connectivity index (χ0v) is 11.2. The average molecular weight is 267 g/mol. The maximum absolute atomic E-state index is 11.6. The van der Waals surface area contributed by atoms with Crippen molar-refractivity contribution in [3.63, 3.8) is 0 Å². The van der Waals surface area contributed by atoms with Crippen LogP contribution in [0.5, 0.6) is 0 Å². The molecule has 1 aliphatic rings. The predicted molar refractivity (Wildman–Crippen MR) is 69.9 cm³/mol. The molecule has 0 radical (unpaired) electrons. The fourth-order valence-corrected chi connectivity index (χ4v) is 2.42. The smallest absolute Gasteiger partial charge is 0.225 e. The minimum absolute atomic E-state index is 0.0451. The lowest BCUT2D eigenvalue weighted by Crippen LogP contribution is -2.27. The number of Topliss-reactive ketones (excluding diaryl/α,β-unsaturated/α-hetero) is 1. The summed E-state index contributed by atoms with van der Waals surface area (Å²) in [5.41, 5.74) is 1.01. The van der Waals surface area contributed by atoms with Crippen molar-refractivity contribution >= 4 is 29.1 Å². The lowest BCUT2D eigenvalue weighted by atomic mass is 9.97. The molecule has 5 heteroatoms. The molecule has 0 saturated heterocycles. The Kier molecular flexibility index (Phi) is 3.66. The number of amides is 1. The summed E-state index contributed by atoms with van der Waals surface area (Å²) in [5.74, 6) is 0.942. The Bertz CT molecular complexity index is 502. The Balaban J connectivity index is 2.28. The molecule has 18 heavy (non-hydrogen) atoms. The van der Waals surface area contributed by atoms with Gasteiger partial charge in [-0.25, -0.2) is 4.98 Å². The van der Waals surface area contributed by atoms with Crippen LogP contribution >= 0.6 is 11.6 Å². The van der Waals surface area contributed by atoms with E-state index in [0.717, 1.165) is 12.0 Å². The topological polar surface area (TPSA) is 50.3 Å². The zero-order chi connectivity index (χ0) is 13.3. The molecular formula is C13H15ClN2O2. The molecular weight excluding hydrogens is 252 g/mol. The molecule has 96 valence electrons. The van der Waals surface area contributed by atoms with Crippen LogP contribution in [0.15, 0.2) is 12.1 Å². The van der Waals surface area contributed by atoms with Crippen LogP contribution in [0.2, 0.25) is 5.15 Å². The second-order valence-electron chi connectivity index (χ2n) is 4.61. The van der Waals surface area contributed by atoms with Crippen LogP contribution in [0.4, 0.5) is 5.82 Å². The van der Waals surface area contributed by atoms with E-state index in [9.17, 15) is 9.59 Å². The number of anilines is 1. The number of ketones is 1. The third-order valence-electron chi connectivity index (χ3n) is 3.19. The molecule has 1 amide bonds. The van der Waals surface area contributed by atoms with Crippen molar-refractivity contribution in [2.45, 2.75) is 32.6 Å². The molecule has 1 aromatic rings. The molecule has 0 saturated carbocycles. The van der Waals surface area contributed by atoms with Gasteiger partial charge in [0.2, 0.25) is 5.91 Å². The first-order valence-electron chi connectivity index (χ1n) is 5.93. The van der Waals surface area contributed by atoms with Gasteiger partial charge in [-0.3, -0.25) is 9.69 Å². The predicted octanol–water partition coefficient (Wildman–Crippen LogP) is 2.55. The summed E-state index contributed by atoms with van der Waals surface area (Å²) in [5, 5.41) is 0.382. The number of nitrogens with zero attached hydrogens (tertiary/aromatic N) is 2. The Labute approximate surface area is 111 Å². The van der Waals surface area contributed by atoms with E-state index in [-0.39, 0.29) is 17.6 Å². The van der Waals surface area contributed by atoms with Gasteiger partial charge in [0.05, 0.1) is 0 Å². The summed E-state index contributed by atoms with van der Waals surface area (Å²) < 4.78 is 0. The molecule has 1 aliphatic heterocycles. The van der Waals surface area contributed by atoms with Crippen LogP contribution in [-0.4, -0.2) is 23.2 Å². The van der Waals surface area contributed by atoms with Gasteiger partial charge in [-0.05, 0) is 19.4 Å². The fraction of sp³-hybridized carbons (Fsp3) is 0.462. The molecule has 2 heterocycles. The van der Waals surface area contributed by atoms with E-state index in [4.69, 9.17) is 11.6 Å². The van der Waals surface area contributed by atoms with Gasteiger partial charge in [0.15, 0.2) is 0 Å². The van der Waals surface area contributed by atoms with Crippen molar-refractivity contribution < 1.29 is 9.59 Å². The van der Waals surface area contributed by atoms with Crippen molar-refractivity contribution in [2.24, 2.45) is 0 Å². The molecule has 0 bridgehead atoms. The SMILES string of the molecule is CC(=O)CCC1CN(C(C)=O)c2nc(Cl)ccc21. The maximum Gasteiger partial charge on any atom is 0.225 e. The van der Waals surface area contributed by atoms with Gasteiger partial charge >= 0.3 is 0 Å². The van der Waals surface area contributed by atoms with E-state index in [0.29, 0.717) is 23.9 Å². The molecule has 1 atom stereocenters. The van der Waals surface area contributed by atoms with Gasteiger partial charge in [0.1, 0.15) is 16.8 Å². The molecule has 0 aromatic carbocycles. The van der Waals surface area contributed by atoms with Crippen LogP contribution in [0.3, 0.4) is 0 Å². The summed E-state index contributed by atoms with van der Waals surface area (Å²) in [6.07, 6.45) is 1.27. The van der Waals surface area contributed by atoms with Crippen molar-refractivity contribution in [3.05, 3.63) is 22.8 Å². The number of hydrogen-bond acceptors (Lipinski definition) is 3. The third kappa shape index (κ3) is 2.53. The summed E-state index contributed by atoms with van der Waals surface area (Å²) >= 11 is 5.87. The van der Waals surface area contributed by atoms with Gasteiger partial charge in [-0.15, -0.1) is 0 Å². The van der Waals surface area contributed by atoms with E-state index in [1.54, 1.807) is 17.9 Å². The van der Waals surface area contributed by atoms with Crippen LogP contribution in [-0.2, 0) is 9.59 Å². The monoisotopic (exact) mass is 266 g/mol. The zero-order valence-electron chi connectivity index (χ0n) is 10.4. The molecule has 0 N–H and O–H groups in total. The summed E-state index contributed by atoms with van der Waals surface area (Å²) in [4.78, 5) is 28.5. The Hall–Kier alpha value is -1.42. The van der Waals surface area contributed by atoms with Crippen LogP contribution < -0.4 is 4.90 Å². The number of hydrogen-bond donors (Lipinski definition) is 0. The van der Waals surface area contributed by atoms with E-state index in [1.165, 1.54) is 6.92 Å². The number of carbonyl (C=O) groups is 2. The Morgan fingerprint density at radius 3 is 2.78 bits per heavy atom. The highest BCUT2D eigenvalue weighted by molar-refractivity contribution is 6.29. The van der Waals surface area contributed by atoms with Gasteiger partial charge in [0.25, 0.3) is 0 Å². The summed E-state index contributed by atoms with van der Waals surface area (Å²) in [6, 6.07) is 3.63. The minimum atomic E-state index is -0.0451. The van der Waals surface area contributed by atoms with Gasteiger partial charge in [-0.1, -0.05) is 17.7 Å². The van der Waals surface area contributed by atoms with E-state index in [1.807, 2.05) is 6.07 Å². The van der Waals surface area contributed by atoms with E-state index < -0.39 is 0 Å². The van der Waals surface area contributed by atoms with Crippen LogP contribution in [0, 0.1) is 0 Å². The Morgan fingerprint density at radius 1 is 1.44 bits per heavy atom. The number of halogens is 1. The third-order valence-corrected chi connectivity index (χ3v) is 3.41. The molecule has 0 fully saturated rings. The number of fused-ring (bicyclic) bond motifs is 1. The van der Waals surface area contributed by atoms with Crippen LogP contribution in [0.25, 0.3) is 0 Å². The molecule has 4 nitrogen and oxygen atoms in total. The number of aromatic nitrogens is 1. The first kappa shape index (κ1) is 13.0. The molecule has 2 rings (SSSR count).